The number of halogens is 1. The largest absolute Gasteiger partial charge is 0.484 e. The van der Waals surface area contributed by atoms with Crippen molar-refractivity contribution in [2.45, 2.75) is 0 Å². The van der Waals surface area contributed by atoms with Crippen molar-refractivity contribution >= 4 is 17.3 Å². The second-order valence-corrected chi connectivity index (χ2v) is 3.88. The summed E-state index contributed by atoms with van der Waals surface area (Å²) in [6.45, 7) is -0.211. The molecule has 0 aliphatic carbocycles. The normalized spacial score (nSPS) is 9.95. The lowest BCUT2D eigenvalue weighted by atomic mass is 10.2. The smallest absolute Gasteiger partial charge is 0.262 e. The molecule has 0 aliphatic heterocycles. The lowest BCUT2D eigenvalue weighted by Gasteiger charge is -2.09. The summed E-state index contributed by atoms with van der Waals surface area (Å²) in [5.74, 6) is -0.469. The van der Waals surface area contributed by atoms with Crippen molar-refractivity contribution in [1.29, 1.82) is 0 Å². The molecule has 98 valence electrons. The van der Waals surface area contributed by atoms with Crippen LogP contribution in [-0.4, -0.2) is 12.5 Å². The van der Waals surface area contributed by atoms with Gasteiger partial charge in [0, 0.05) is 6.07 Å². The fraction of sp³-hybridized carbons (Fsp3) is 0.0714. The Labute approximate surface area is 110 Å². The molecule has 0 aromatic heterocycles. The van der Waals surface area contributed by atoms with Crippen LogP contribution >= 0.6 is 0 Å². The van der Waals surface area contributed by atoms with Crippen LogP contribution in [0.3, 0.4) is 0 Å². The second kappa shape index (κ2) is 5.86. The fourth-order valence-electron chi connectivity index (χ4n) is 1.50. The summed E-state index contributed by atoms with van der Waals surface area (Å²) in [7, 11) is 0. The first-order chi connectivity index (χ1) is 9.15. The number of ether oxygens (including phenoxy) is 1. The number of hydrogen-bond donors (Lipinski definition) is 2. The molecule has 5 heteroatoms. The Bertz CT molecular complexity index is 587. The Balaban J connectivity index is 1.90. The van der Waals surface area contributed by atoms with Crippen molar-refractivity contribution in [2.24, 2.45) is 0 Å². The Kier molecular flexibility index (Phi) is 3.97. The van der Waals surface area contributed by atoms with Crippen LogP contribution in [0.2, 0.25) is 0 Å². The van der Waals surface area contributed by atoms with E-state index in [4.69, 9.17) is 10.5 Å². The van der Waals surface area contributed by atoms with Crippen LogP contribution in [0.25, 0.3) is 0 Å². The molecule has 2 aromatic rings. The van der Waals surface area contributed by atoms with Crippen LogP contribution in [0, 0.1) is 5.82 Å². The monoisotopic (exact) mass is 260 g/mol. The molecular weight excluding hydrogens is 247 g/mol. The minimum atomic E-state index is -0.412. The van der Waals surface area contributed by atoms with Crippen molar-refractivity contribution in [2.75, 3.05) is 17.7 Å². The Hall–Kier alpha value is -2.56. The molecule has 0 radical (unpaired) electrons. The maximum Gasteiger partial charge on any atom is 0.262 e. The van der Waals surface area contributed by atoms with Gasteiger partial charge in [-0.2, -0.15) is 0 Å². The van der Waals surface area contributed by atoms with Crippen LogP contribution in [0.1, 0.15) is 0 Å². The zero-order chi connectivity index (χ0) is 13.7. The van der Waals surface area contributed by atoms with Crippen molar-refractivity contribution in [3.05, 3.63) is 54.3 Å². The topological polar surface area (TPSA) is 64.3 Å². The van der Waals surface area contributed by atoms with Crippen molar-refractivity contribution in [3.63, 3.8) is 0 Å². The van der Waals surface area contributed by atoms with Gasteiger partial charge in [0.2, 0.25) is 0 Å². The summed E-state index contributed by atoms with van der Waals surface area (Å²) in [5.41, 5.74) is 6.69. The van der Waals surface area contributed by atoms with Crippen LogP contribution in [0.4, 0.5) is 15.8 Å². The first-order valence-electron chi connectivity index (χ1n) is 5.68. The van der Waals surface area contributed by atoms with E-state index in [9.17, 15) is 9.18 Å². The number of anilines is 2. The highest BCUT2D eigenvalue weighted by Crippen LogP contribution is 2.17. The molecule has 0 bridgehead atoms. The van der Waals surface area contributed by atoms with Crippen molar-refractivity contribution in [1.82, 2.24) is 0 Å². The van der Waals surface area contributed by atoms with Gasteiger partial charge in [0.05, 0.1) is 11.4 Å². The molecule has 0 unspecified atom stereocenters. The molecule has 4 nitrogen and oxygen atoms in total. The van der Waals surface area contributed by atoms with E-state index in [1.807, 2.05) is 0 Å². The molecule has 0 saturated heterocycles. The number of nitrogens with two attached hydrogens (primary N) is 1. The molecular formula is C14H13FN2O2. The van der Waals surface area contributed by atoms with E-state index in [1.54, 1.807) is 30.3 Å². The molecule has 0 saturated carbocycles. The molecule has 19 heavy (non-hydrogen) atoms. The Morgan fingerprint density at radius 3 is 2.74 bits per heavy atom. The van der Waals surface area contributed by atoms with Crippen LogP contribution in [0.15, 0.2) is 48.5 Å². The SMILES string of the molecule is Nc1ccccc1NC(=O)COc1cccc(F)c1. The van der Waals surface area contributed by atoms with E-state index < -0.39 is 5.82 Å². The number of amides is 1. The molecule has 2 aromatic carbocycles. The molecule has 0 atom stereocenters. The average molecular weight is 260 g/mol. The summed E-state index contributed by atoms with van der Waals surface area (Å²) < 4.78 is 18.1. The van der Waals surface area contributed by atoms with E-state index >= 15 is 0 Å². The highest BCUT2D eigenvalue weighted by Gasteiger charge is 2.06. The molecule has 0 fully saturated rings. The van der Waals surface area contributed by atoms with Gasteiger partial charge in [-0.3, -0.25) is 4.79 Å². The summed E-state index contributed by atoms with van der Waals surface area (Å²) in [6, 6.07) is 12.5. The second-order valence-electron chi connectivity index (χ2n) is 3.88. The fourth-order valence-corrected chi connectivity index (χ4v) is 1.50. The van der Waals surface area contributed by atoms with Gasteiger partial charge in [0.1, 0.15) is 11.6 Å². The summed E-state index contributed by atoms with van der Waals surface area (Å²) in [4.78, 5) is 11.6. The first kappa shape index (κ1) is 12.9. The standard InChI is InChI=1S/C14H13FN2O2/c15-10-4-3-5-11(8-10)19-9-14(18)17-13-7-2-1-6-12(13)16/h1-8H,9,16H2,(H,17,18). The van der Waals surface area contributed by atoms with E-state index in [2.05, 4.69) is 5.32 Å². The molecule has 3 N–H and O–H groups in total. The molecule has 1 amide bonds. The van der Waals surface area contributed by atoms with Gasteiger partial charge in [0.15, 0.2) is 6.61 Å². The van der Waals surface area contributed by atoms with Gasteiger partial charge in [-0.05, 0) is 24.3 Å². The number of carbonyl (C=O) groups excluding carboxylic acids is 1. The van der Waals surface area contributed by atoms with Crippen LogP contribution in [0.5, 0.6) is 5.75 Å². The number of benzene rings is 2. The number of nitrogen functional groups attached to an aromatic ring is 1. The van der Waals surface area contributed by atoms with Crippen molar-refractivity contribution in [3.8, 4) is 5.75 Å². The summed E-state index contributed by atoms with van der Waals surface area (Å²) in [5, 5.41) is 2.61. The number of nitrogens with one attached hydrogen (secondary N) is 1. The zero-order valence-electron chi connectivity index (χ0n) is 10.1. The highest BCUT2D eigenvalue weighted by molar-refractivity contribution is 5.94. The molecule has 0 aliphatic rings. The number of para-hydroxylation sites is 2. The zero-order valence-corrected chi connectivity index (χ0v) is 10.1. The predicted molar refractivity (Wildman–Crippen MR) is 71.4 cm³/mol. The Morgan fingerprint density at radius 2 is 2.00 bits per heavy atom. The average Bonchev–Trinajstić information content (AvgIpc) is 2.39. The quantitative estimate of drug-likeness (QED) is 0.830. The van der Waals surface area contributed by atoms with E-state index in [1.165, 1.54) is 18.2 Å². The predicted octanol–water partition coefficient (Wildman–Crippen LogP) is 2.43. The first-order valence-corrected chi connectivity index (χ1v) is 5.68. The van der Waals surface area contributed by atoms with Crippen LogP contribution < -0.4 is 15.8 Å². The van der Waals surface area contributed by atoms with Gasteiger partial charge < -0.3 is 15.8 Å². The third-order valence-corrected chi connectivity index (χ3v) is 2.40. The third kappa shape index (κ3) is 3.70. The lowest BCUT2D eigenvalue weighted by molar-refractivity contribution is -0.118. The van der Waals surface area contributed by atoms with Gasteiger partial charge >= 0.3 is 0 Å². The minimum Gasteiger partial charge on any atom is -0.484 e. The lowest BCUT2D eigenvalue weighted by Crippen LogP contribution is -2.20. The van der Waals surface area contributed by atoms with Gasteiger partial charge in [-0.15, -0.1) is 0 Å². The summed E-state index contributed by atoms with van der Waals surface area (Å²) >= 11 is 0. The van der Waals surface area contributed by atoms with E-state index in [-0.39, 0.29) is 12.5 Å². The maximum atomic E-state index is 12.9. The Morgan fingerprint density at radius 1 is 1.21 bits per heavy atom. The number of hydrogen-bond acceptors (Lipinski definition) is 3. The minimum absolute atomic E-state index is 0.211. The van der Waals surface area contributed by atoms with E-state index in [0.717, 1.165) is 0 Å². The summed E-state index contributed by atoms with van der Waals surface area (Å²) in [6.07, 6.45) is 0. The van der Waals surface area contributed by atoms with Gasteiger partial charge in [-0.1, -0.05) is 18.2 Å². The number of carbonyl (C=O) groups is 1. The van der Waals surface area contributed by atoms with Gasteiger partial charge in [0.25, 0.3) is 5.91 Å². The van der Waals surface area contributed by atoms with Gasteiger partial charge in [-0.25, -0.2) is 4.39 Å². The molecule has 0 heterocycles. The third-order valence-electron chi connectivity index (χ3n) is 2.40. The molecule has 0 spiro atoms. The van der Waals surface area contributed by atoms with Crippen LogP contribution in [-0.2, 0) is 4.79 Å². The number of rotatable bonds is 4. The molecule has 2 rings (SSSR count). The van der Waals surface area contributed by atoms with E-state index in [0.29, 0.717) is 17.1 Å². The maximum absolute atomic E-state index is 12.9. The van der Waals surface area contributed by atoms with Crippen molar-refractivity contribution < 1.29 is 13.9 Å². The highest BCUT2D eigenvalue weighted by atomic mass is 19.1.